The van der Waals surface area contributed by atoms with Gasteiger partial charge in [0.15, 0.2) is 0 Å². The molecule has 0 aromatic heterocycles. The predicted molar refractivity (Wildman–Crippen MR) is 45.9 cm³/mol. The van der Waals surface area contributed by atoms with Crippen molar-refractivity contribution < 1.29 is 0 Å². The van der Waals surface area contributed by atoms with Gasteiger partial charge in [0.1, 0.15) is 5.69 Å². The molecule has 2 N–H and O–H groups in total. The molecule has 1 aromatic rings. The number of nitrogen functional groups attached to an aromatic ring is 1. The summed E-state index contributed by atoms with van der Waals surface area (Å²) >= 11 is 5.54. The third-order valence-corrected chi connectivity index (χ3v) is 1.70. The van der Waals surface area contributed by atoms with Crippen LogP contribution in [0, 0.1) is 4.91 Å². The summed E-state index contributed by atoms with van der Waals surface area (Å²) in [5.74, 6) is 0.301. The molecular formula is C7H7ClN2O. The van der Waals surface area contributed by atoms with Crippen LogP contribution in [-0.4, -0.2) is 0 Å². The maximum absolute atomic E-state index is 10.1. The van der Waals surface area contributed by atoms with Gasteiger partial charge in [0, 0.05) is 5.88 Å². The number of nitrogens with zero attached hydrogens (tertiary/aromatic N) is 1. The Morgan fingerprint density at radius 3 is 2.82 bits per heavy atom. The smallest absolute Gasteiger partial charge is 0.131 e. The predicted octanol–water partition coefficient (Wildman–Crippen LogP) is 2.41. The highest BCUT2D eigenvalue weighted by molar-refractivity contribution is 6.17. The third-order valence-electron chi connectivity index (χ3n) is 1.42. The molecule has 0 saturated carbocycles. The molecule has 0 atom stereocenters. The normalized spacial score (nSPS) is 9.55. The zero-order valence-corrected chi connectivity index (χ0v) is 6.51. The van der Waals surface area contributed by atoms with Crippen LogP contribution in [0.5, 0.6) is 0 Å². The van der Waals surface area contributed by atoms with E-state index in [-0.39, 0.29) is 5.69 Å². The van der Waals surface area contributed by atoms with Gasteiger partial charge in [-0.3, -0.25) is 0 Å². The standard InChI is InChI=1S/C7H7ClN2O/c8-4-5-2-1-3-6(10-11)7(5)9/h1-3H,4,9H2. The molecule has 0 aliphatic heterocycles. The summed E-state index contributed by atoms with van der Waals surface area (Å²) in [7, 11) is 0. The van der Waals surface area contributed by atoms with Crippen LogP contribution in [0.15, 0.2) is 23.4 Å². The second-order valence-electron chi connectivity index (χ2n) is 2.07. The van der Waals surface area contributed by atoms with Crippen molar-refractivity contribution in [2.75, 3.05) is 5.73 Å². The van der Waals surface area contributed by atoms with Crippen LogP contribution in [0.3, 0.4) is 0 Å². The van der Waals surface area contributed by atoms with E-state index < -0.39 is 0 Å². The highest BCUT2D eigenvalue weighted by Crippen LogP contribution is 2.25. The van der Waals surface area contributed by atoms with Gasteiger partial charge in [-0.15, -0.1) is 16.5 Å². The lowest BCUT2D eigenvalue weighted by Gasteiger charge is -2.01. The van der Waals surface area contributed by atoms with Gasteiger partial charge < -0.3 is 5.73 Å². The molecule has 58 valence electrons. The van der Waals surface area contributed by atoms with Gasteiger partial charge in [-0.2, -0.15) is 0 Å². The maximum atomic E-state index is 10.1. The number of hydrogen-bond donors (Lipinski definition) is 1. The Kier molecular flexibility index (Phi) is 2.44. The second-order valence-corrected chi connectivity index (χ2v) is 2.34. The van der Waals surface area contributed by atoms with Crippen LogP contribution in [0.4, 0.5) is 11.4 Å². The molecular weight excluding hydrogens is 164 g/mol. The first-order valence-corrected chi connectivity index (χ1v) is 3.59. The monoisotopic (exact) mass is 170 g/mol. The summed E-state index contributed by atoms with van der Waals surface area (Å²) < 4.78 is 0. The van der Waals surface area contributed by atoms with E-state index in [0.29, 0.717) is 11.6 Å². The minimum atomic E-state index is 0.253. The van der Waals surface area contributed by atoms with Crippen LogP contribution >= 0.6 is 11.6 Å². The highest BCUT2D eigenvalue weighted by atomic mass is 35.5. The van der Waals surface area contributed by atoms with Crippen molar-refractivity contribution in [2.24, 2.45) is 5.18 Å². The van der Waals surface area contributed by atoms with Gasteiger partial charge in [0.2, 0.25) is 0 Å². The summed E-state index contributed by atoms with van der Waals surface area (Å²) in [6.07, 6.45) is 0. The minimum absolute atomic E-state index is 0.253. The lowest BCUT2D eigenvalue weighted by atomic mass is 10.2. The van der Waals surface area contributed by atoms with Crippen LogP contribution in [0.25, 0.3) is 0 Å². The molecule has 1 rings (SSSR count). The van der Waals surface area contributed by atoms with E-state index >= 15 is 0 Å². The van der Waals surface area contributed by atoms with Crippen molar-refractivity contribution in [3.63, 3.8) is 0 Å². The molecule has 0 saturated heterocycles. The zero-order valence-electron chi connectivity index (χ0n) is 5.75. The van der Waals surface area contributed by atoms with Crippen molar-refractivity contribution in [1.82, 2.24) is 0 Å². The number of nitroso groups, excluding NO2 is 1. The van der Waals surface area contributed by atoms with Gasteiger partial charge in [-0.25, -0.2) is 0 Å². The van der Waals surface area contributed by atoms with E-state index in [1.54, 1.807) is 18.2 Å². The number of rotatable bonds is 2. The van der Waals surface area contributed by atoms with E-state index in [1.807, 2.05) is 0 Å². The van der Waals surface area contributed by atoms with Crippen LogP contribution in [0.2, 0.25) is 0 Å². The van der Waals surface area contributed by atoms with Crippen molar-refractivity contribution in [2.45, 2.75) is 5.88 Å². The Labute approximate surface area is 69.1 Å². The van der Waals surface area contributed by atoms with E-state index in [1.165, 1.54) is 0 Å². The van der Waals surface area contributed by atoms with E-state index in [4.69, 9.17) is 17.3 Å². The molecule has 0 amide bonds. The Hall–Kier alpha value is -1.09. The van der Waals surface area contributed by atoms with Crippen LogP contribution in [0.1, 0.15) is 5.56 Å². The van der Waals surface area contributed by atoms with E-state index in [2.05, 4.69) is 5.18 Å². The van der Waals surface area contributed by atoms with E-state index in [9.17, 15) is 4.91 Å². The molecule has 3 nitrogen and oxygen atoms in total. The van der Waals surface area contributed by atoms with Gasteiger partial charge in [0.25, 0.3) is 0 Å². The first-order chi connectivity index (χ1) is 5.29. The number of benzene rings is 1. The van der Waals surface area contributed by atoms with Crippen molar-refractivity contribution in [1.29, 1.82) is 0 Å². The number of anilines is 1. The molecule has 0 radical (unpaired) electrons. The summed E-state index contributed by atoms with van der Waals surface area (Å²) in [4.78, 5) is 10.1. The fourth-order valence-electron chi connectivity index (χ4n) is 0.796. The molecule has 0 aliphatic carbocycles. The van der Waals surface area contributed by atoms with Gasteiger partial charge in [0.05, 0.1) is 5.69 Å². The topological polar surface area (TPSA) is 55.4 Å². The summed E-state index contributed by atoms with van der Waals surface area (Å²) in [6.45, 7) is 0. The third kappa shape index (κ3) is 1.49. The lowest BCUT2D eigenvalue weighted by Crippen LogP contribution is -1.91. The molecule has 0 spiro atoms. The second kappa shape index (κ2) is 3.34. The molecule has 0 bridgehead atoms. The SMILES string of the molecule is Nc1c(CCl)cccc1N=O. The van der Waals surface area contributed by atoms with Crippen molar-refractivity contribution in [3.05, 3.63) is 28.7 Å². The molecule has 0 unspecified atom stereocenters. The Morgan fingerprint density at radius 1 is 1.55 bits per heavy atom. The molecule has 0 aliphatic rings. The molecule has 11 heavy (non-hydrogen) atoms. The fraction of sp³-hybridized carbons (Fsp3) is 0.143. The average molecular weight is 171 g/mol. The maximum Gasteiger partial charge on any atom is 0.131 e. The number of alkyl halides is 1. The Morgan fingerprint density at radius 2 is 2.27 bits per heavy atom. The summed E-state index contributed by atoms with van der Waals surface area (Å²) in [5.41, 5.74) is 6.89. The number of nitrogens with two attached hydrogens (primary N) is 1. The average Bonchev–Trinajstić information content (AvgIpc) is 2.05. The highest BCUT2D eigenvalue weighted by Gasteiger charge is 2.02. The van der Waals surface area contributed by atoms with Gasteiger partial charge in [-0.1, -0.05) is 12.1 Å². The van der Waals surface area contributed by atoms with Crippen molar-refractivity contribution >= 4 is 23.0 Å². The van der Waals surface area contributed by atoms with Crippen LogP contribution in [-0.2, 0) is 5.88 Å². The van der Waals surface area contributed by atoms with Crippen molar-refractivity contribution in [3.8, 4) is 0 Å². The molecule has 4 heteroatoms. The summed E-state index contributed by atoms with van der Waals surface area (Å²) in [5, 5.41) is 2.75. The minimum Gasteiger partial charge on any atom is -0.397 e. The van der Waals surface area contributed by atoms with Gasteiger partial charge in [-0.05, 0) is 16.8 Å². The largest absolute Gasteiger partial charge is 0.397 e. The lowest BCUT2D eigenvalue weighted by molar-refractivity contribution is 1.37. The van der Waals surface area contributed by atoms with E-state index in [0.717, 1.165) is 5.56 Å². The Balaban J connectivity index is 3.20. The Bertz CT molecular complexity index is 275. The van der Waals surface area contributed by atoms with Crippen LogP contribution < -0.4 is 5.73 Å². The number of halogens is 1. The summed E-state index contributed by atoms with van der Waals surface area (Å²) in [6, 6.07) is 5.01. The zero-order chi connectivity index (χ0) is 8.27. The number of hydrogen-bond acceptors (Lipinski definition) is 3. The first-order valence-electron chi connectivity index (χ1n) is 3.06. The molecule has 1 aromatic carbocycles. The first kappa shape index (κ1) is 8.01. The van der Waals surface area contributed by atoms with Gasteiger partial charge >= 0.3 is 0 Å². The quantitative estimate of drug-likeness (QED) is 0.421. The molecule has 0 heterocycles. The fourth-order valence-corrected chi connectivity index (χ4v) is 1.03. The molecule has 0 fully saturated rings. The number of para-hydroxylation sites is 1.